The molecule has 0 spiro atoms. The first-order valence-corrected chi connectivity index (χ1v) is 7.00. The molecule has 4 heteroatoms. The summed E-state index contributed by atoms with van der Waals surface area (Å²) in [5, 5.41) is 7.75. The minimum absolute atomic E-state index is 0.0591. The van der Waals surface area contributed by atoms with E-state index >= 15 is 0 Å². The third kappa shape index (κ3) is 4.56. The largest absolute Gasteiger partial charge is 0.400 e. The van der Waals surface area contributed by atoms with Crippen molar-refractivity contribution in [2.24, 2.45) is 0 Å². The summed E-state index contributed by atoms with van der Waals surface area (Å²) in [6.45, 7) is 3.27. The Bertz CT molecular complexity index is 487. The molecule has 1 aromatic rings. The number of nitrogens with zero attached hydrogens (tertiary/aromatic N) is 1. The van der Waals surface area contributed by atoms with E-state index in [1.165, 1.54) is 5.56 Å². The molecule has 0 aliphatic carbocycles. The minimum Gasteiger partial charge on any atom is -0.400 e. The maximum absolute atomic E-state index is 11.8. The van der Waals surface area contributed by atoms with Gasteiger partial charge in [0, 0.05) is 31.1 Å². The highest BCUT2D eigenvalue weighted by Gasteiger charge is 2.23. The summed E-state index contributed by atoms with van der Waals surface area (Å²) in [4.78, 5) is 13.6. The van der Waals surface area contributed by atoms with Gasteiger partial charge in [0.15, 0.2) is 0 Å². The van der Waals surface area contributed by atoms with Crippen LogP contribution in [-0.2, 0) is 4.79 Å². The summed E-state index contributed by atoms with van der Waals surface area (Å²) >= 11 is 5.89. The van der Waals surface area contributed by atoms with Gasteiger partial charge in [0.1, 0.15) is 0 Å². The molecule has 2 rings (SSSR count). The van der Waals surface area contributed by atoms with Gasteiger partial charge in [-0.05, 0) is 43.4 Å². The maximum Gasteiger partial charge on any atom is 0.298 e. The van der Waals surface area contributed by atoms with E-state index in [1.807, 2.05) is 29.2 Å². The lowest BCUT2D eigenvalue weighted by molar-refractivity contribution is -0.126. The summed E-state index contributed by atoms with van der Waals surface area (Å²) < 4.78 is 0. The smallest absolute Gasteiger partial charge is 0.298 e. The number of hydrogen-bond acceptors (Lipinski definition) is 2. The second kappa shape index (κ2) is 8.63. The first-order chi connectivity index (χ1) is 9.70. The molecule has 3 nitrogen and oxygen atoms in total. The van der Waals surface area contributed by atoms with Crippen LogP contribution in [-0.4, -0.2) is 36.1 Å². The van der Waals surface area contributed by atoms with E-state index in [-0.39, 0.29) is 5.91 Å². The zero-order chi connectivity index (χ0) is 15.0. The number of carbonyl (C=O) groups excluding carboxylic acids is 1. The second-order valence-electron chi connectivity index (χ2n) is 4.52. The Labute approximate surface area is 125 Å². The monoisotopic (exact) mass is 293 g/mol. The van der Waals surface area contributed by atoms with Gasteiger partial charge in [-0.1, -0.05) is 29.7 Å². The van der Waals surface area contributed by atoms with Crippen LogP contribution in [0.25, 0.3) is 0 Å². The van der Waals surface area contributed by atoms with Crippen molar-refractivity contribution in [3.63, 3.8) is 0 Å². The average Bonchev–Trinajstić information content (AvgIpc) is 2.50. The van der Waals surface area contributed by atoms with Crippen molar-refractivity contribution in [3.8, 4) is 11.8 Å². The van der Waals surface area contributed by atoms with Crippen LogP contribution in [0.1, 0.15) is 31.2 Å². The molecule has 20 heavy (non-hydrogen) atoms. The lowest BCUT2D eigenvalue weighted by atomic mass is 9.90. The molecule has 1 aliphatic rings. The molecular formula is C16H20ClNO2. The molecule has 1 heterocycles. The summed E-state index contributed by atoms with van der Waals surface area (Å²) in [7, 11) is 1.00. The van der Waals surface area contributed by atoms with Gasteiger partial charge in [-0.25, -0.2) is 0 Å². The van der Waals surface area contributed by atoms with Crippen molar-refractivity contribution < 1.29 is 9.90 Å². The topological polar surface area (TPSA) is 40.5 Å². The molecule has 1 N–H and O–H groups in total. The van der Waals surface area contributed by atoms with E-state index < -0.39 is 0 Å². The Balaban J connectivity index is 0.000000956. The van der Waals surface area contributed by atoms with Gasteiger partial charge in [-0.2, -0.15) is 0 Å². The van der Waals surface area contributed by atoms with Crippen LogP contribution in [0.15, 0.2) is 24.3 Å². The lowest BCUT2D eigenvalue weighted by Crippen LogP contribution is -2.38. The number of hydrogen-bond donors (Lipinski definition) is 1. The summed E-state index contributed by atoms with van der Waals surface area (Å²) in [5.74, 6) is 5.62. The number of aliphatic hydroxyl groups is 1. The van der Waals surface area contributed by atoms with Crippen LogP contribution in [0.5, 0.6) is 0 Å². The van der Waals surface area contributed by atoms with Crippen molar-refractivity contribution in [2.45, 2.75) is 25.7 Å². The fourth-order valence-electron chi connectivity index (χ4n) is 2.35. The molecule has 1 saturated heterocycles. The van der Waals surface area contributed by atoms with E-state index in [4.69, 9.17) is 16.7 Å². The molecule has 1 aromatic carbocycles. The van der Waals surface area contributed by atoms with Crippen LogP contribution in [0.2, 0.25) is 5.02 Å². The molecule has 1 fully saturated rings. The van der Waals surface area contributed by atoms with E-state index in [0.29, 0.717) is 5.92 Å². The Morgan fingerprint density at radius 1 is 1.35 bits per heavy atom. The molecule has 1 atom stereocenters. The minimum atomic E-state index is -0.0591. The molecule has 1 unspecified atom stereocenters. The molecule has 1 aliphatic heterocycles. The van der Waals surface area contributed by atoms with Gasteiger partial charge in [-0.3, -0.25) is 4.79 Å². The fraction of sp³-hybridized carbons (Fsp3) is 0.438. The van der Waals surface area contributed by atoms with Crippen molar-refractivity contribution in [2.75, 3.05) is 20.2 Å². The SMILES string of the molecule is CC#CC(=O)N1CCCC(c2ccc(Cl)cc2)C1.CO. The first-order valence-electron chi connectivity index (χ1n) is 6.62. The molecule has 0 bridgehead atoms. The quantitative estimate of drug-likeness (QED) is 0.809. The van der Waals surface area contributed by atoms with Crippen LogP contribution < -0.4 is 0 Å². The summed E-state index contributed by atoms with van der Waals surface area (Å²) in [5.41, 5.74) is 1.25. The van der Waals surface area contributed by atoms with Crippen LogP contribution in [0, 0.1) is 11.8 Å². The number of halogens is 1. The van der Waals surface area contributed by atoms with Gasteiger partial charge in [0.05, 0.1) is 0 Å². The third-order valence-electron chi connectivity index (χ3n) is 3.28. The maximum atomic E-state index is 11.8. The predicted octanol–water partition coefficient (Wildman–Crippen LogP) is 2.68. The van der Waals surface area contributed by atoms with E-state index in [9.17, 15) is 4.79 Å². The predicted molar refractivity (Wildman–Crippen MR) is 81.6 cm³/mol. The van der Waals surface area contributed by atoms with E-state index in [2.05, 4.69) is 11.8 Å². The molecule has 0 saturated carbocycles. The molecular weight excluding hydrogens is 274 g/mol. The number of benzene rings is 1. The normalized spacial score (nSPS) is 17.4. The number of rotatable bonds is 1. The Hall–Kier alpha value is -1.50. The highest BCUT2D eigenvalue weighted by Crippen LogP contribution is 2.27. The van der Waals surface area contributed by atoms with Crippen molar-refractivity contribution in [3.05, 3.63) is 34.9 Å². The lowest BCUT2D eigenvalue weighted by Gasteiger charge is -2.31. The van der Waals surface area contributed by atoms with Gasteiger partial charge < -0.3 is 10.0 Å². The Morgan fingerprint density at radius 3 is 2.60 bits per heavy atom. The zero-order valence-electron chi connectivity index (χ0n) is 11.9. The van der Waals surface area contributed by atoms with Crippen LogP contribution in [0.4, 0.5) is 0 Å². The van der Waals surface area contributed by atoms with Gasteiger partial charge >= 0.3 is 0 Å². The van der Waals surface area contributed by atoms with Crippen LogP contribution >= 0.6 is 11.6 Å². The highest BCUT2D eigenvalue weighted by molar-refractivity contribution is 6.30. The number of piperidine rings is 1. The highest BCUT2D eigenvalue weighted by atomic mass is 35.5. The van der Waals surface area contributed by atoms with Gasteiger partial charge in [0.25, 0.3) is 5.91 Å². The van der Waals surface area contributed by atoms with E-state index in [0.717, 1.165) is 38.1 Å². The number of aliphatic hydroxyl groups excluding tert-OH is 1. The first kappa shape index (κ1) is 16.6. The van der Waals surface area contributed by atoms with Crippen molar-refractivity contribution >= 4 is 17.5 Å². The van der Waals surface area contributed by atoms with Crippen molar-refractivity contribution in [1.29, 1.82) is 0 Å². The summed E-state index contributed by atoms with van der Waals surface area (Å²) in [6.07, 6.45) is 2.15. The number of amides is 1. The van der Waals surface area contributed by atoms with Gasteiger partial charge in [0.2, 0.25) is 0 Å². The average molecular weight is 294 g/mol. The zero-order valence-corrected chi connectivity index (χ0v) is 12.7. The molecule has 0 aromatic heterocycles. The van der Waals surface area contributed by atoms with Crippen molar-refractivity contribution in [1.82, 2.24) is 4.90 Å². The Kier molecular flexibility index (Phi) is 7.14. The van der Waals surface area contributed by atoms with Gasteiger partial charge in [-0.15, -0.1) is 0 Å². The molecule has 0 radical (unpaired) electrons. The van der Waals surface area contributed by atoms with Crippen LogP contribution in [0.3, 0.4) is 0 Å². The van der Waals surface area contributed by atoms with E-state index in [1.54, 1.807) is 6.92 Å². The summed E-state index contributed by atoms with van der Waals surface area (Å²) in [6, 6.07) is 7.91. The number of likely N-dealkylation sites (tertiary alicyclic amines) is 1. The third-order valence-corrected chi connectivity index (χ3v) is 3.53. The Morgan fingerprint density at radius 2 is 2.00 bits per heavy atom. The second-order valence-corrected chi connectivity index (χ2v) is 4.95. The molecule has 108 valence electrons. The standard InChI is InChI=1S/C15H16ClNO.CH4O/c1-2-4-15(18)17-10-3-5-13(11-17)12-6-8-14(16)9-7-12;1-2/h6-9,13H,3,5,10-11H2,1H3;2H,1H3. The fourth-order valence-corrected chi connectivity index (χ4v) is 2.48. The number of carbonyl (C=O) groups is 1. The molecule has 1 amide bonds.